The maximum atomic E-state index is 13.1. The lowest BCUT2D eigenvalue weighted by atomic mass is 9.79. The van der Waals surface area contributed by atoms with Crippen LogP contribution in [0.4, 0.5) is 4.39 Å². The van der Waals surface area contributed by atoms with Crippen LogP contribution in [0.15, 0.2) is 18.2 Å². The van der Waals surface area contributed by atoms with Crippen molar-refractivity contribution in [2.24, 2.45) is 5.41 Å². The molecule has 1 N–H and O–H groups in total. The van der Waals surface area contributed by atoms with Crippen LogP contribution in [0.5, 0.6) is 0 Å². The summed E-state index contributed by atoms with van der Waals surface area (Å²) in [6.07, 6.45) is 3.73. The van der Waals surface area contributed by atoms with E-state index >= 15 is 0 Å². The van der Waals surface area contributed by atoms with E-state index < -0.39 is 0 Å². The van der Waals surface area contributed by atoms with E-state index in [1.54, 1.807) is 6.07 Å². The van der Waals surface area contributed by atoms with Gasteiger partial charge in [-0.15, -0.1) is 0 Å². The summed E-state index contributed by atoms with van der Waals surface area (Å²) < 4.78 is 13.1. The Bertz CT molecular complexity index is 414. The van der Waals surface area contributed by atoms with Crippen molar-refractivity contribution in [1.29, 1.82) is 0 Å². The zero-order valence-electron chi connectivity index (χ0n) is 9.10. The van der Waals surface area contributed by atoms with Crippen molar-refractivity contribution in [3.8, 4) is 0 Å². The highest BCUT2D eigenvalue weighted by atomic mass is 35.5. The minimum Gasteiger partial charge on any atom is -0.316 e. The molecule has 16 heavy (non-hydrogen) atoms. The Hall–Kier alpha value is -0.600. The summed E-state index contributed by atoms with van der Waals surface area (Å²) in [7, 11) is 0. The molecular weight excluding hydrogens is 225 g/mol. The summed E-state index contributed by atoms with van der Waals surface area (Å²) in [6, 6.07) is 5.17. The van der Waals surface area contributed by atoms with Crippen LogP contribution in [0.25, 0.3) is 0 Å². The van der Waals surface area contributed by atoms with Crippen LogP contribution in [0.1, 0.15) is 30.7 Å². The van der Waals surface area contributed by atoms with Crippen LogP contribution in [0.3, 0.4) is 0 Å². The van der Waals surface area contributed by atoms with Gasteiger partial charge in [0.15, 0.2) is 0 Å². The van der Waals surface area contributed by atoms with Crippen LogP contribution in [-0.2, 0) is 0 Å². The summed E-state index contributed by atoms with van der Waals surface area (Å²) in [5.41, 5.74) is 1.74. The summed E-state index contributed by atoms with van der Waals surface area (Å²) >= 11 is 5.82. The fraction of sp³-hybridized carbons (Fsp3) is 0.538. The zero-order valence-corrected chi connectivity index (χ0v) is 9.86. The van der Waals surface area contributed by atoms with Crippen LogP contribution < -0.4 is 5.32 Å². The summed E-state index contributed by atoms with van der Waals surface area (Å²) in [6.45, 7) is 2.30. The Kier molecular flexibility index (Phi) is 2.45. The number of halogens is 2. The van der Waals surface area contributed by atoms with Gasteiger partial charge in [-0.2, -0.15) is 0 Å². The van der Waals surface area contributed by atoms with Gasteiger partial charge in [0.2, 0.25) is 0 Å². The SMILES string of the molecule is Fc1ccc(C2CCC3(CNC3)C2)cc1Cl. The standard InChI is InChI=1S/C13H15ClFN/c14-11-5-9(1-2-12(11)15)10-3-4-13(6-10)7-16-8-13/h1-2,5,10,16H,3-4,6-8H2. The molecule has 1 nitrogen and oxygen atoms in total. The lowest BCUT2D eigenvalue weighted by Crippen LogP contribution is -2.51. The van der Waals surface area contributed by atoms with Gasteiger partial charge < -0.3 is 5.32 Å². The van der Waals surface area contributed by atoms with E-state index in [0.29, 0.717) is 11.3 Å². The smallest absolute Gasteiger partial charge is 0.141 e. The third kappa shape index (κ3) is 1.64. The first kappa shape index (κ1) is 10.5. The Labute approximate surface area is 100.0 Å². The van der Waals surface area contributed by atoms with E-state index in [1.165, 1.54) is 30.9 Å². The second-order valence-electron chi connectivity index (χ2n) is 5.22. The number of nitrogens with one attached hydrogen (secondary N) is 1. The molecule has 3 rings (SSSR count). The Balaban J connectivity index is 1.80. The maximum absolute atomic E-state index is 13.1. The molecule has 1 saturated heterocycles. The molecule has 0 amide bonds. The number of hydrogen-bond acceptors (Lipinski definition) is 1. The van der Waals surface area contributed by atoms with E-state index in [4.69, 9.17) is 11.6 Å². The quantitative estimate of drug-likeness (QED) is 0.793. The molecule has 2 aliphatic rings. The number of hydrogen-bond donors (Lipinski definition) is 1. The van der Waals surface area contributed by atoms with Gasteiger partial charge >= 0.3 is 0 Å². The van der Waals surface area contributed by atoms with Gasteiger partial charge in [0, 0.05) is 13.1 Å². The van der Waals surface area contributed by atoms with Gasteiger partial charge in [0.05, 0.1) is 5.02 Å². The zero-order chi connectivity index (χ0) is 11.2. The van der Waals surface area contributed by atoms with Gasteiger partial charge in [0.25, 0.3) is 0 Å². The molecule has 1 aliphatic heterocycles. The highest BCUT2D eigenvalue weighted by Gasteiger charge is 2.43. The highest BCUT2D eigenvalue weighted by molar-refractivity contribution is 6.30. The largest absolute Gasteiger partial charge is 0.316 e. The van der Waals surface area contributed by atoms with E-state index in [9.17, 15) is 4.39 Å². The van der Waals surface area contributed by atoms with Gasteiger partial charge in [-0.3, -0.25) is 0 Å². The third-order valence-corrected chi connectivity index (χ3v) is 4.41. The Morgan fingerprint density at radius 1 is 1.38 bits per heavy atom. The predicted octanol–water partition coefficient (Wildman–Crippen LogP) is 3.34. The lowest BCUT2D eigenvalue weighted by molar-refractivity contribution is 0.175. The highest BCUT2D eigenvalue weighted by Crippen LogP contribution is 2.48. The average Bonchev–Trinajstić information content (AvgIpc) is 2.66. The molecule has 0 radical (unpaired) electrons. The molecule has 1 aromatic rings. The van der Waals surface area contributed by atoms with Crippen LogP contribution in [-0.4, -0.2) is 13.1 Å². The van der Waals surface area contributed by atoms with Crippen molar-refractivity contribution >= 4 is 11.6 Å². The molecule has 1 unspecified atom stereocenters. The van der Waals surface area contributed by atoms with E-state index in [2.05, 4.69) is 5.32 Å². The van der Waals surface area contributed by atoms with Crippen molar-refractivity contribution < 1.29 is 4.39 Å². The van der Waals surface area contributed by atoms with Crippen LogP contribution in [0, 0.1) is 11.2 Å². The minimum atomic E-state index is -0.316. The number of benzene rings is 1. The van der Waals surface area contributed by atoms with Crippen molar-refractivity contribution in [3.05, 3.63) is 34.6 Å². The van der Waals surface area contributed by atoms with Gasteiger partial charge in [-0.1, -0.05) is 17.7 Å². The van der Waals surface area contributed by atoms with Gasteiger partial charge in [0.1, 0.15) is 5.82 Å². The Morgan fingerprint density at radius 3 is 2.75 bits per heavy atom. The summed E-state index contributed by atoms with van der Waals surface area (Å²) in [5, 5.41) is 3.61. The monoisotopic (exact) mass is 239 g/mol. The molecule has 1 aromatic carbocycles. The first-order chi connectivity index (χ1) is 7.69. The van der Waals surface area contributed by atoms with Crippen molar-refractivity contribution in [1.82, 2.24) is 5.32 Å². The molecule has 3 heteroatoms. The number of rotatable bonds is 1. The third-order valence-electron chi connectivity index (χ3n) is 4.12. The van der Waals surface area contributed by atoms with Crippen LogP contribution in [0.2, 0.25) is 5.02 Å². The average molecular weight is 240 g/mol. The van der Waals surface area contributed by atoms with E-state index in [0.717, 1.165) is 13.1 Å². The predicted molar refractivity (Wildman–Crippen MR) is 63.3 cm³/mol. The van der Waals surface area contributed by atoms with Crippen molar-refractivity contribution in [2.45, 2.75) is 25.2 Å². The molecule has 2 fully saturated rings. The molecule has 86 valence electrons. The van der Waals surface area contributed by atoms with E-state index in [1.807, 2.05) is 6.07 Å². The fourth-order valence-corrected chi connectivity index (χ4v) is 3.25. The van der Waals surface area contributed by atoms with Gasteiger partial charge in [-0.05, 0) is 48.3 Å². The summed E-state index contributed by atoms with van der Waals surface area (Å²) in [5.74, 6) is 0.253. The minimum absolute atomic E-state index is 0.255. The second-order valence-corrected chi connectivity index (χ2v) is 5.62. The molecular formula is C13H15ClFN. The topological polar surface area (TPSA) is 12.0 Å². The molecule has 0 aromatic heterocycles. The molecule has 1 atom stereocenters. The molecule has 1 spiro atoms. The first-order valence-corrected chi connectivity index (χ1v) is 6.22. The lowest BCUT2D eigenvalue weighted by Gasteiger charge is -2.39. The van der Waals surface area contributed by atoms with Gasteiger partial charge in [-0.25, -0.2) is 4.39 Å². The summed E-state index contributed by atoms with van der Waals surface area (Å²) in [4.78, 5) is 0. The van der Waals surface area contributed by atoms with Crippen LogP contribution >= 0.6 is 11.6 Å². The molecule has 1 aliphatic carbocycles. The second kappa shape index (κ2) is 3.71. The molecule has 0 bridgehead atoms. The first-order valence-electron chi connectivity index (χ1n) is 5.84. The fourth-order valence-electron chi connectivity index (χ4n) is 3.06. The van der Waals surface area contributed by atoms with Crippen molar-refractivity contribution in [2.75, 3.05) is 13.1 Å². The maximum Gasteiger partial charge on any atom is 0.141 e. The molecule has 1 saturated carbocycles. The normalized spacial score (nSPS) is 27.0. The van der Waals surface area contributed by atoms with E-state index in [-0.39, 0.29) is 10.8 Å². The molecule has 1 heterocycles. The van der Waals surface area contributed by atoms with Crippen molar-refractivity contribution in [3.63, 3.8) is 0 Å². The Morgan fingerprint density at radius 2 is 2.19 bits per heavy atom.